The summed E-state index contributed by atoms with van der Waals surface area (Å²) in [7, 11) is 1.97. The van der Waals surface area contributed by atoms with Crippen molar-refractivity contribution in [3.63, 3.8) is 0 Å². The van der Waals surface area contributed by atoms with Gasteiger partial charge in [0.2, 0.25) is 11.8 Å². The molecular formula is C28H27N5O. The monoisotopic (exact) mass is 449 g/mol. The molecule has 0 aliphatic heterocycles. The minimum atomic E-state index is 0.497. The van der Waals surface area contributed by atoms with Gasteiger partial charge < -0.3 is 14.6 Å². The first-order valence-corrected chi connectivity index (χ1v) is 11.3. The number of anilines is 2. The quantitative estimate of drug-likeness (QED) is 0.320. The Hall–Kier alpha value is -4.19. The lowest BCUT2D eigenvalue weighted by atomic mass is 9.98. The summed E-state index contributed by atoms with van der Waals surface area (Å²) < 4.78 is 8.47. The Bertz CT molecular complexity index is 1480. The maximum absolute atomic E-state index is 6.49. The van der Waals surface area contributed by atoms with E-state index in [9.17, 15) is 0 Å². The average Bonchev–Trinajstić information content (AvgIpc) is 3.18. The van der Waals surface area contributed by atoms with Gasteiger partial charge in [0.25, 0.3) is 0 Å². The van der Waals surface area contributed by atoms with Crippen LogP contribution >= 0.6 is 0 Å². The van der Waals surface area contributed by atoms with Gasteiger partial charge in [-0.3, -0.25) is 4.98 Å². The summed E-state index contributed by atoms with van der Waals surface area (Å²) in [4.78, 5) is 13.7. The van der Waals surface area contributed by atoms with Gasteiger partial charge in [0.1, 0.15) is 11.3 Å². The fraction of sp³-hybridized carbons (Fsp3) is 0.179. The summed E-state index contributed by atoms with van der Waals surface area (Å²) in [5.74, 6) is 1.82. The van der Waals surface area contributed by atoms with Crippen molar-refractivity contribution >= 4 is 22.7 Å². The van der Waals surface area contributed by atoms with Crippen LogP contribution in [0.25, 0.3) is 22.2 Å². The van der Waals surface area contributed by atoms with Gasteiger partial charge in [-0.2, -0.15) is 4.98 Å². The van der Waals surface area contributed by atoms with Crippen molar-refractivity contribution in [3.8, 4) is 22.8 Å². The van der Waals surface area contributed by atoms with Crippen molar-refractivity contribution in [2.24, 2.45) is 7.05 Å². The van der Waals surface area contributed by atoms with Gasteiger partial charge in [0.15, 0.2) is 0 Å². The van der Waals surface area contributed by atoms with E-state index in [1.165, 1.54) is 11.1 Å². The zero-order chi connectivity index (χ0) is 23.8. The molecule has 0 saturated heterocycles. The standard InChI is InChI=1S/C28H27N5O/c1-17-6-8-22(9-7-17)30-28-31-24-11-13-33(5)25(24)27(32-28)34-26-18(2)14-21(15-19(26)3)23-10-12-29-16-20(23)4/h6-16H,1-5H3,(H,30,31,32). The van der Waals surface area contributed by atoms with Gasteiger partial charge >= 0.3 is 0 Å². The number of hydrogen-bond donors (Lipinski definition) is 1. The van der Waals surface area contributed by atoms with Gasteiger partial charge in [-0.1, -0.05) is 17.7 Å². The minimum Gasteiger partial charge on any atom is -0.436 e. The number of aromatic nitrogens is 4. The van der Waals surface area contributed by atoms with Gasteiger partial charge in [0.05, 0.1) is 5.52 Å². The topological polar surface area (TPSA) is 64.9 Å². The Morgan fingerprint density at radius 2 is 1.59 bits per heavy atom. The van der Waals surface area contributed by atoms with E-state index in [2.05, 4.69) is 62.3 Å². The molecule has 3 heterocycles. The molecule has 0 radical (unpaired) electrons. The van der Waals surface area contributed by atoms with E-state index in [1.807, 2.05) is 54.5 Å². The Morgan fingerprint density at radius 3 is 2.29 bits per heavy atom. The molecule has 5 rings (SSSR count). The summed E-state index contributed by atoms with van der Waals surface area (Å²) in [5.41, 5.74) is 9.34. The van der Waals surface area contributed by atoms with Crippen LogP contribution in [0.3, 0.4) is 0 Å². The fourth-order valence-electron chi connectivity index (χ4n) is 4.21. The second kappa shape index (κ2) is 8.63. The largest absolute Gasteiger partial charge is 0.436 e. The first kappa shape index (κ1) is 21.6. The van der Waals surface area contributed by atoms with Crippen LogP contribution in [-0.2, 0) is 7.05 Å². The van der Waals surface area contributed by atoms with E-state index in [4.69, 9.17) is 14.7 Å². The number of ether oxygens (including phenoxy) is 1. The molecule has 0 aliphatic rings. The highest BCUT2D eigenvalue weighted by atomic mass is 16.5. The molecule has 0 unspecified atom stereocenters. The molecule has 34 heavy (non-hydrogen) atoms. The average molecular weight is 450 g/mol. The van der Waals surface area contributed by atoms with Gasteiger partial charge in [-0.25, -0.2) is 4.98 Å². The molecule has 0 fully saturated rings. The molecule has 0 spiro atoms. The molecule has 0 amide bonds. The van der Waals surface area contributed by atoms with Gasteiger partial charge in [-0.15, -0.1) is 0 Å². The lowest BCUT2D eigenvalue weighted by Crippen LogP contribution is -2.02. The SMILES string of the molecule is Cc1ccc(Nc2nc(Oc3c(C)cc(-c4ccncc4C)cc3C)c3c(ccn3C)n2)cc1. The van der Waals surface area contributed by atoms with Crippen LogP contribution in [-0.4, -0.2) is 19.5 Å². The number of pyridine rings is 1. The summed E-state index contributed by atoms with van der Waals surface area (Å²) in [6.45, 7) is 8.27. The third-order valence-electron chi connectivity index (χ3n) is 5.99. The molecule has 0 aliphatic carbocycles. The van der Waals surface area contributed by atoms with Gasteiger partial charge in [-0.05, 0) is 91.9 Å². The van der Waals surface area contributed by atoms with E-state index in [0.29, 0.717) is 11.8 Å². The van der Waals surface area contributed by atoms with Crippen LogP contribution in [0.15, 0.2) is 67.1 Å². The minimum absolute atomic E-state index is 0.497. The van der Waals surface area contributed by atoms with E-state index in [0.717, 1.165) is 44.7 Å². The molecule has 6 heteroatoms. The van der Waals surface area contributed by atoms with Crippen LogP contribution in [0.2, 0.25) is 0 Å². The van der Waals surface area contributed by atoms with E-state index in [1.54, 1.807) is 0 Å². The smallest absolute Gasteiger partial charge is 0.249 e. The predicted octanol–water partition coefficient (Wildman–Crippen LogP) is 6.80. The molecule has 170 valence electrons. The lowest BCUT2D eigenvalue weighted by molar-refractivity contribution is 0.459. The maximum atomic E-state index is 6.49. The van der Waals surface area contributed by atoms with Crippen molar-refractivity contribution in [3.05, 3.63) is 89.4 Å². The van der Waals surface area contributed by atoms with Crippen molar-refractivity contribution in [2.45, 2.75) is 27.7 Å². The van der Waals surface area contributed by atoms with Crippen molar-refractivity contribution in [2.75, 3.05) is 5.32 Å². The number of aryl methyl sites for hydroxylation is 5. The maximum Gasteiger partial charge on any atom is 0.249 e. The molecular weight excluding hydrogens is 422 g/mol. The summed E-state index contributed by atoms with van der Waals surface area (Å²) >= 11 is 0. The van der Waals surface area contributed by atoms with E-state index in [-0.39, 0.29) is 0 Å². The highest BCUT2D eigenvalue weighted by Crippen LogP contribution is 2.36. The number of nitrogens with one attached hydrogen (secondary N) is 1. The van der Waals surface area contributed by atoms with Crippen LogP contribution in [0.1, 0.15) is 22.3 Å². The van der Waals surface area contributed by atoms with Gasteiger partial charge in [0, 0.05) is 31.3 Å². The molecule has 6 nitrogen and oxygen atoms in total. The Morgan fingerprint density at radius 1 is 0.853 bits per heavy atom. The Kier molecular flexibility index (Phi) is 5.49. The number of benzene rings is 2. The Balaban J connectivity index is 1.55. The highest BCUT2D eigenvalue weighted by Gasteiger charge is 2.17. The predicted molar refractivity (Wildman–Crippen MR) is 137 cm³/mol. The first-order chi connectivity index (χ1) is 16.4. The number of rotatable bonds is 5. The van der Waals surface area contributed by atoms with E-state index < -0.39 is 0 Å². The third kappa shape index (κ3) is 4.10. The Labute approximate surface area is 199 Å². The van der Waals surface area contributed by atoms with Crippen molar-refractivity contribution in [1.29, 1.82) is 0 Å². The first-order valence-electron chi connectivity index (χ1n) is 11.3. The molecule has 3 aromatic heterocycles. The third-order valence-corrected chi connectivity index (χ3v) is 5.99. The molecule has 2 aromatic carbocycles. The zero-order valence-electron chi connectivity index (χ0n) is 20.0. The summed E-state index contributed by atoms with van der Waals surface area (Å²) in [6.07, 6.45) is 5.68. The number of nitrogens with zero attached hydrogens (tertiary/aromatic N) is 4. The molecule has 0 saturated carbocycles. The van der Waals surface area contributed by atoms with Crippen LogP contribution in [0.4, 0.5) is 11.6 Å². The lowest BCUT2D eigenvalue weighted by Gasteiger charge is -2.16. The zero-order valence-corrected chi connectivity index (χ0v) is 20.0. The fourth-order valence-corrected chi connectivity index (χ4v) is 4.21. The van der Waals surface area contributed by atoms with Crippen LogP contribution in [0.5, 0.6) is 11.6 Å². The van der Waals surface area contributed by atoms with Crippen LogP contribution in [0, 0.1) is 27.7 Å². The number of fused-ring (bicyclic) bond motifs is 1. The molecule has 5 aromatic rings. The van der Waals surface area contributed by atoms with Crippen LogP contribution < -0.4 is 10.1 Å². The van der Waals surface area contributed by atoms with Crippen molar-refractivity contribution < 1.29 is 4.74 Å². The van der Waals surface area contributed by atoms with E-state index >= 15 is 0 Å². The van der Waals surface area contributed by atoms with Crippen molar-refractivity contribution in [1.82, 2.24) is 19.5 Å². The molecule has 0 bridgehead atoms. The second-order valence-electron chi connectivity index (χ2n) is 8.74. The normalized spacial score (nSPS) is 11.1. The molecule has 0 atom stereocenters. The second-order valence-corrected chi connectivity index (χ2v) is 8.74. The highest BCUT2D eigenvalue weighted by molar-refractivity contribution is 5.83. The summed E-state index contributed by atoms with van der Waals surface area (Å²) in [6, 6.07) is 16.5. The molecule has 1 N–H and O–H groups in total. The number of hydrogen-bond acceptors (Lipinski definition) is 5. The summed E-state index contributed by atoms with van der Waals surface area (Å²) in [5, 5.41) is 3.31.